The first-order valence-corrected chi connectivity index (χ1v) is 10.3. The highest BCUT2D eigenvalue weighted by molar-refractivity contribution is 7.14. The van der Waals surface area contributed by atoms with E-state index in [-0.39, 0.29) is 0 Å². The summed E-state index contributed by atoms with van der Waals surface area (Å²) in [5, 5.41) is 9.50. The number of hydrogen-bond donors (Lipinski definition) is 2. The van der Waals surface area contributed by atoms with Crippen molar-refractivity contribution in [1.29, 1.82) is 0 Å². The fourth-order valence-corrected chi connectivity index (χ4v) is 3.71. The molecule has 0 saturated carbocycles. The van der Waals surface area contributed by atoms with Crippen LogP contribution in [0.4, 0.5) is 10.8 Å². The average Bonchev–Trinajstić information content (AvgIpc) is 3.22. The normalized spacial score (nSPS) is 10.9. The van der Waals surface area contributed by atoms with Gasteiger partial charge in [-0.2, -0.15) is 0 Å². The van der Waals surface area contributed by atoms with Gasteiger partial charge in [-0.3, -0.25) is 0 Å². The Morgan fingerprint density at radius 3 is 2.80 bits per heavy atom. The number of aromatic nitrogens is 1. The predicted octanol–water partition coefficient (Wildman–Crippen LogP) is 4.27. The van der Waals surface area contributed by atoms with Crippen LogP contribution in [-0.4, -0.2) is 32.3 Å². The van der Waals surface area contributed by atoms with E-state index in [9.17, 15) is 4.79 Å². The van der Waals surface area contributed by atoms with Crippen LogP contribution in [-0.2, 0) is 0 Å². The van der Waals surface area contributed by atoms with Gasteiger partial charge in [0.1, 0.15) is 12.4 Å². The van der Waals surface area contributed by atoms with Gasteiger partial charge in [0.2, 0.25) is 0 Å². The molecule has 0 amide bonds. The standard InChI is InChI=1S/C22H21N3O4S/c1-23-10-11-28-19-9-5-6-14-12-15(21(26)29-20(14)19)17-13-30-22(25-17)24-16-7-3-4-8-18(16)27-2/h3-9,12-13,23H,10-11H2,1-2H3,(H,24,25). The zero-order valence-electron chi connectivity index (χ0n) is 16.6. The van der Waals surface area contributed by atoms with Gasteiger partial charge in [-0.15, -0.1) is 11.3 Å². The molecule has 2 aromatic carbocycles. The van der Waals surface area contributed by atoms with Crippen molar-refractivity contribution in [3.05, 3.63) is 64.3 Å². The maximum Gasteiger partial charge on any atom is 0.345 e. The van der Waals surface area contributed by atoms with Crippen molar-refractivity contribution in [2.24, 2.45) is 0 Å². The number of nitrogens with zero attached hydrogens (tertiary/aromatic N) is 1. The van der Waals surface area contributed by atoms with E-state index in [2.05, 4.69) is 15.6 Å². The molecule has 154 valence electrons. The quantitative estimate of drug-likeness (QED) is 0.323. The molecule has 2 N–H and O–H groups in total. The van der Waals surface area contributed by atoms with E-state index in [4.69, 9.17) is 13.9 Å². The first-order valence-electron chi connectivity index (χ1n) is 9.40. The van der Waals surface area contributed by atoms with Gasteiger partial charge in [-0.25, -0.2) is 9.78 Å². The number of nitrogens with one attached hydrogen (secondary N) is 2. The molecule has 0 bridgehead atoms. The Labute approximate surface area is 177 Å². The highest BCUT2D eigenvalue weighted by Gasteiger charge is 2.14. The van der Waals surface area contributed by atoms with Crippen LogP contribution in [0.5, 0.6) is 11.5 Å². The summed E-state index contributed by atoms with van der Waals surface area (Å²) in [6.45, 7) is 1.17. The second kappa shape index (κ2) is 8.98. The Morgan fingerprint density at radius 1 is 1.13 bits per heavy atom. The van der Waals surface area contributed by atoms with E-state index >= 15 is 0 Å². The molecule has 0 spiro atoms. The molecule has 0 aliphatic carbocycles. The van der Waals surface area contributed by atoms with Gasteiger partial charge in [-0.1, -0.05) is 24.3 Å². The Morgan fingerprint density at radius 2 is 1.97 bits per heavy atom. The van der Waals surface area contributed by atoms with Crippen LogP contribution in [0.15, 0.2) is 63.1 Å². The summed E-state index contributed by atoms with van der Waals surface area (Å²) in [5.74, 6) is 1.26. The Bertz CT molecular complexity index is 1220. The first kappa shape index (κ1) is 19.9. The number of anilines is 2. The molecule has 4 rings (SSSR count). The number of hydrogen-bond acceptors (Lipinski definition) is 8. The van der Waals surface area contributed by atoms with Gasteiger partial charge in [0, 0.05) is 17.3 Å². The van der Waals surface area contributed by atoms with E-state index in [1.807, 2.05) is 48.8 Å². The maximum atomic E-state index is 12.7. The molecular weight excluding hydrogens is 402 g/mol. The SMILES string of the molecule is CNCCOc1cccc2cc(-c3csc(Nc4ccccc4OC)n3)c(=O)oc12. The van der Waals surface area contributed by atoms with Crippen molar-refractivity contribution in [3.8, 4) is 22.8 Å². The largest absolute Gasteiger partial charge is 0.495 e. The van der Waals surface area contributed by atoms with Crippen LogP contribution in [0.2, 0.25) is 0 Å². The van der Waals surface area contributed by atoms with Crippen LogP contribution >= 0.6 is 11.3 Å². The maximum absolute atomic E-state index is 12.7. The fraction of sp³-hybridized carbons (Fsp3) is 0.182. The number of fused-ring (bicyclic) bond motifs is 1. The average molecular weight is 423 g/mol. The third kappa shape index (κ3) is 4.14. The van der Waals surface area contributed by atoms with Crippen LogP contribution in [0.1, 0.15) is 0 Å². The summed E-state index contributed by atoms with van der Waals surface area (Å²) in [6, 6.07) is 14.9. The summed E-state index contributed by atoms with van der Waals surface area (Å²) in [5.41, 5.74) is 1.73. The first-order chi connectivity index (χ1) is 14.7. The number of para-hydroxylation sites is 3. The van der Waals surface area contributed by atoms with Crippen molar-refractivity contribution in [2.75, 3.05) is 32.6 Å². The monoisotopic (exact) mass is 423 g/mol. The Hall–Kier alpha value is -3.36. The van der Waals surface area contributed by atoms with Gasteiger partial charge in [0.05, 0.1) is 24.1 Å². The molecule has 2 aromatic heterocycles. The predicted molar refractivity (Wildman–Crippen MR) is 119 cm³/mol. The van der Waals surface area contributed by atoms with Crippen molar-refractivity contribution in [2.45, 2.75) is 0 Å². The molecule has 30 heavy (non-hydrogen) atoms. The summed E-state index contributed by atoms with van der Waals surface area (Å²) in [7, 11) is 3.47. The number of thiazole rings is 1. The van der Waals surface area contributed by atoms with Crippen LogP contribution in [0.3, 0.4) is 0 Å². The van der Waals surface area contributed by atoms with E-state index in [0.29, 0.717) is 46.6 Å². The topological polar surface area (TPSA) is 85.6 Å². The summed E-state index contributed by atoms with van der Waals surface area (Å²) < 4.78 is 16.7. The molecule has 0 aliphatic rings. The molecule has 0 aliphatic heterocycles. The smallest absolute Gasteiger partial charge is 0.345 e. The number of rotatable bonds is 8. The minimum Gasteiger partial charge on any atom is -0.495 e. The molecule has 0 saturated heterocycles. The lowest BCUT2D eigenvalue weighted by atomic mass is 10.1. The van der Waals surface area contributed by atoms with Crippen molar-refractivity contribution in [1.82, 2.24) is 10.3 Å². The van der Waals surface area contributed by atoms with Gasteiger partial charge >= 0.3 is 5.63 Å². The second-order valence-electron chi connectivity index (χ2n) is 6.44. The lowest BCUT2D eigenvalue weighted by Gasteiger charge is -2.08. The second-order valence-corrected chi connectivity index (χ2v) is 7.30. The highest BCUT2D eigenvalue weighted by Crippen LogP contribution is 2.32. The van der Waals surface area contributed by atoms with Crippen LogP contribution < -0.4 is 25.7 Å². The van der Waals surface area contributed by atoms with Gasteiger partial charge in [0.25, 0.3) is 0 Å². The lowest BCUT2D eigenvalue weighted by molar-refractivity contribution is 0.316. The Kier molecular flexibility index (Phi) is 5.97. The molecule has 4 aromatic rings. The summed E-state index contributed by atoms with van der Waals surface area (Å²) in [4.78, 5) is 17.2. The number of likely N-dealkylation sites (N-methyl/N-ethyl adjacent to an activating group) is 1. The van der Waals surface area contributed by atoms with Gasteiger partial charge in [0.15, 0.2) is 16.5 Å². The zero-order chi connectivity index (χ0) is 20.9. The third-order valence-corrected chi connectivity index (χ3v) is 5.22. The van der Waals surface area contributed by atoms with E-state index < -0.39 is 5.63 Å². The Balaban J connectivity index is 1.64. The van der Waals surface area contributed by atoms with Crippen LogP contribution in [0, 0.1) is 0 Å². The minimum absolute atomic E-state index is 0.402. The van der Waals surface area contributed by atoms with E-state index in [0.717, 1.165) is 11.1 Å². The fourth-order valence-electron chi connectivity index (χ4n) is 2.99. The molecule has 0 unspecified atom stereocenters. The molecule has 7 nitrogen and oxygen atoms in total. The highest BCUT2D eigenvalue weighted by atomic mass is 32.1. The van der Waals surface area contributed by atoms with Crippen molar-refractivity contribution in [3.63, 3.8) is 0 Å². The van der Waals surface area contributed by atoms with E-state index in [1.165, 1.54) is 11.3 Å². The van der Waals surface area contributed by atoms with Crippen molar-refractivity contribution < 1.29 is 13.9 Å². The number of benzene rings is 2. The third-order valence-electron chi connectivity index (χ3n) is 4.46. The van der Waals surface area contributed by atoms with Gasteiger partial charge in [-0.05, 0) is 31.3 Å². The molecule has 0 atom stereocenters. The molecule has 2 heterocycles. The minimum atomic E-state index is -0.457. The van der Waals surface area contributed by atoms with Gasteiger partial charge < -0.3 is 24.5 Å². The molecule has 0 fully saturated rings. The summed E-state index contributed by atoms with van der Waals surface area (Å²) in [6.07, 6.45) is 0. The van der Waals surface area contributed by atoms with E-state index in [1.54, 1.807) is 19.2 Å². The molecule has 8 heteroatoms. The van der Waals surface area contributed by atoms with Crippen LogP contribution in [0.25, 0.3) is 22.2 Å². The lowest BCUT2D eigenvalue weighted by Crippen LogP contribution is -2.16. The van der Waals surface area contributed by atoms with Crippen molar-refractivity contribution >= 4 is 33.1 Å². The molecule has 0 radical (unpaired) electrons. The molecular formula is C22H21N3O4S. The number of ether oxygens (including phenoxy) is 2. The number of methoxy groups -OCH3 is 1. The summed E-state index contributed by atoms with van der Waals surface area (Å²) >= 11 is 1.40. The zero-order valence-corrected chi connectivity index (χ0v) is 17.4.